The Morgan fingerprint density at radius 2 is 1.96 bits per heavy atom. The second kappa shape index (κ2) is 12.4. The molecule has 1 fully saturated rings. The molecule has 2 rings (SSSR count). The van der Waals surface area contributed by atoms with Gasteiger partial charge in [0.1, 0.15) is 5.82 Å². The summed E-state index contributed by atoms with van der Waals surface area (Å²) in [6.45, 7) is 9.90. The van der Waals surface area contributed by atoms with Crippen LogP contribution in [0.1, 0.15) is 20.3 Å². The molecule has 10 heteroatoms. The quantitative estimate of drug-likeness (QED) is 0.240. The number of hydrogen-bond acceptors (Lipinski definition) is 5. The van der Waals surface area contributed by atoms with E-state index in [2.05, 4.69) is 27.0 Å². The fourth-order valence-electron chi connectivity index (χ4n) is 3.10. The lowest BCUT2D eigenvalue weighted by atomic mass is 10.3. The van der Waals surface area contributed by atoms with Crippen molar-refractivity contribution in [3.05, 3.63) is 24.4 Å². The number of aliphatic imine (C=N–C) groups is 1. The van der Waals surface area contributed by atoms with Crippen LogP contribution in [-0.4, -0.2) is 87.2 Å². The molecule has 1 aliphatic rings. The number of pyridine rings is 1. The highest BCUT2D eigenvalue weighted by Crippen LogP contribution is 2.12. The van der Waals surface area contributed by atoms with Crippen molar-refractivity contribution in [1.82, 2.24) is 19.5 Å². The first-order valence-corrected chi connectivity index (χ1v) is 11.4. The lowest BCUT2D eigenvalue weighted by Crippen LogP contribution is -2.52. The minimum atomic E-state index is -3.13. The highest BCUT2D eigenvalue weighted by atomic mass is 127. The van der Waals surface area contributed by atoms with Crippen molar-refractivity contribution < 1.29 is 8.42 Å². The van der Waals surface area contributed by atoms with Gasteiger partial charge in [0.2, 0.25) is 10.0 Å². The molecule has 1 aromatic rings. The highest BCUT2D eigenvalue weighted by Gasteiger charge is 2.20. The second-order valence-electron chi connectivity index (χ2n) is 6.51. The highest BCUT2D eigenvalue weighted by molar-refractivity contribution is 14.0. The summed E-state index contributed by atoms with van der Waals surface area (Å²) in [5, 5.41) is 3.35. The van der Waals surface area contributed by atoms with Gasteiger partial charge in [0.25, 0.3) is 0 Å². The summed E-state index contributed by atoms with van der Waals surface area (Å²) in [7, 11) is -3.13. The van der Waals surface area contributed by atoms with E-state index < -0.39 is 10.0 Å². The van der Waals surface area contributed by atoms with Gasteiger partial charge in [-0.3, -0.25) is 4.99 Å². The smallest absolute Gasteiger partial charge is 0.211 e. The molecule has 0 bridgehead atoms. The molecule has 0 radical (unpaired) electrons. The third-order valence-corrected chi connectivity index (χ3v) is 5.92. The first-order chi connectivity index (χ1) is 13.0. The molecule has 0 unspecified atom stereocenters. The van der Waals surface area contributed by atoms with Crippen molar-refractivity contribution in [2.45, 2.75) is 20.3 Å². The number of sulfonamides is 1. The molecule has 0 aliphatic carbocycles. The zero-order valence-corrected chi connectivity index (χ0v) is 20.2. The molecule has 1 N–H and O–H groups in total. The third-order valence-electron chi connectivity index (χ3n) is 4.54. The van der Waals surface area contributed by atoms with Gasteiger partial charge in [-0.15, -0.1) is 24.0 Å². The summed E-state index contributed by atoms with van der Waals surface area (Å²) in [5.74, 6) is 1.92. The number of anilines is 1. The molecule has 0 spiro atoms. The second-order valence-corrected chi connectivity index (χ2v) is 8.49. The van der Waals surface area contributed by atoms with Crippen molar-refractivity contribution in [3.8, 4) is 0 Å². The van der Waals surface area contributed by atoms with Crippen molar-refractivity contribution in [1.29, 1.82) is 0 Å². The van der Waals surface area contributed by atoms with Crippen LogP contribution in [-0.2, 0) is 10.0 Å². The van der Waals surface area contributed by atoms with Gasteiger partial charge in [0, 0.05) is 58.6 Å². The van der Waals surface area contributed by atoms with Crippen molar-refractivity contribution in [2.75, 3.05) is 63.5 Å². The fraction of sp³-hybridized carbons (Fsp3) is 0.667. The first kappa shape index (κ1) is 24.9. The molecule has 1 aliphatic heterocycles. The molecule has 0 amide bonds. The average molecular weight is 524 g/mol. The summed E-state index contributed by atoms with van der Waals surface area (Å²) < 4.78 is 24.8. The summed E-state index contributed by atoms with van der Waals surface area (Å²) in [6, 6.07) is 5.98. The Hall–Kier alpha value is -1.14. The van der Waals surface area contributed by atoms with E-state index in [4.69, 9.17) is 4.99 Å². The summed E-state index contributed by atoms with van der Waals surface area (Å²) in [4.78, 5) is 13.7. The summed E-state index contributed by atoms with van der Waals surface area (Å²) in [5.41, 5.74) is 0. The molecule has 1 saturated heterocycles. The van der Waals surface area contributed by atoms with Crippen LogP contribution < -0.4 is 10.2 Å². The van der Waals surface area contributed by atoms with Gasteiger partial charge < -0.3 is 15.1 Å². The maximum Gasteiger partial charge on any atom is 0.211 e. The predicted molar refractivity (Wildman–Crippen MR) is 126 cm³/mol. The van der Waals surface area contributed by atoms with Crippen LogP contribution in [0.25, 0.3) is 0 Å². The summed E-state index contributed by atoms with van der Waals surface area (Å²) >= 11 is 0. The minimum absolute atomic E-state index is 0. The lowest BCUT2D eigenvalue weighted by Gasteiger charge is -2.37. The molecule has 2 heterocycles. The van der Waals surface area contributed by atoms with Crippen molar-refractivity contribution >= 4 is 45.8 Å². The maximum absolute atomic E-state index is 11.6. The van der Waals surface area contributed by atoms with E-state index >= 15 is 0 Å². The van der Waals surface area contributed by atoms with Crippen molar-refractivity contribution in [3.63, 3.8) is 0 Å². The molecule has 0 saturated carbocycles. The number of hydrogen-bond donors (Lipinski definition) is 1. The standard InChI is InChI=1S/C18H32N6O2S.HI/c1-4-19-18(21-11-8-12-24(5-2)27(3,25)26)23-15-13-22(14-16-23)17-9-6-7-10-20-17;/h6-7,9-10H,4-5,8,11-16H2,1-3H3,(H,19,21);1H. The topological polar surface area (TPSA) is 81.1 Å². The van der Waals surface area contributed by atoms with Crippen LogP contribution in [0.2, 0.25) is 0 Å². The van der Waals surface area contributed by atoms with E-state index in [-0.39, 0.29) is 24.0 Å². The Balaban J connectivity index is 0.00000392. The molecular formula is C18H33IN6O2S. The number of rotatable bonds is 8. The lowest BCUT2D eigenvalue weighted by molar-refractivity contribution is 0.370. The number of halogens is 1. The van der Waals surface area contributed by atoms with Gasteiger partial charge in [0.15, 0.2) is 5.96 Å². The van der Waals surface area contributed by atoms with Gasteiger partial charge in [-0.2, -0.15) is 0 Å². The number of nitrogens with one attached hydrogen (secondary N) is 1. The number of nitrogens with zero attached hydrogens (tertiary/aromatic N) is 5. The van der Waals surface area contributed by atoms with Crippen LogP contribution >= 0.6 is 24.0 Å². The van der Waals surface area contributed by atoms with Crippen LogP contribution in [0, 0.1) is 0 Å². The maximum atomic E-state index is 11.6. The Morgan fingerprint density at radius 1 is 1.25 bits per heavy atom. The number of piperazine rings is 1. The predicted octanol–water partition coefficient (Wildman–Crippen LogP) is 1.46. The molecule has 8 nitrogen and oxygen atoms in total. The van der Waals surface area contributed by atoms with E-state index in [0.29, 0.717) is 26.1 Å². The Kier molecular flexibility index (Phi) is 11.1. The monoisotopic (exact) mass is 524 g/mol. The SMILES string of the molecule is CCNC(=NCCCN(CC)S(C)(=O)=O)N1CCN(c2ccccn2)CC1.I. The van der Waals surface area contributed by atoms with E-state index in [9.17, 15) is 8.42 Å². The normalized spacial score (nSPS) is 15.5. The first-order valence-electron chi connectivity index (χ1n) is 9.60. The Bertz CT molecular complexity index is 693. The van der Waals surface area contributed by atoms with Gasteiger partial charge >= 0.3 is 0 Å². The van der Waals surface area contributed by atoms with Crippen LogP contribution in [0.4, 0.5) is 5.82 Å². The zero-order valence-electron chi connectivity index (χ0n) is 17.0. The van der Waals surface area contributed by atoms with Crippen molar-refractivity contribution in [2.24, 2.45) is 4.99 Å². The molecule has 28 heavy (non-hydrogen) atoms. The zero-order chi connectivity index (χ0) is 19.7. The molecule has 1 aromatic heterocycles. The van der Waals surface area contributed by atoms with Crippen LogP contribution in [0.5, 0.6) is 0 Å². The Labute approximate surface area is 186 Å². The van der Waals surface area contributed by atoms with E-state index in [1.165, 1.54) is 10.6 Å². The molecular weight excluding hydrogens is 491 g/mol. The molecule has 160 valence electrons. The van der Waals surface area contributed by atoms with Gasteiger partial charge in [-0.1, -0.05) is 13.0 Å². The average Bonchev–Trinajstić information content (AvgIpc) is 2.67. The summed E-state index contributed by atoms with van der Waals surface area (Å²) in [6.07, 6.45) is 3.79. The number of guanidine groups is 1. The Morgan fingerprint density at radius 3 is 2.50 bits per heavy atom. The van der Waals surface area contributed by atoms with Gasteiger partial charge in [-0.05, 0) is 25.5 Å². The van der Waals surface area contributed by atoms with Crippen LogP contribution in [0.3, 0.4) is 0 Å². The van der Waals surface area contributed by atoms with E-state index in [0.717, 1.165) is 44.5 Å². The third kappa shape index (κ3) is 7.70. The van der Waals surface area contributed by atoms with Gasteiger partial charge in [-0.25, -0.2) is 17.7 Å². The molecule has 0 atom stereocenters. The van der Waals surface area contributed by atoms with E-state index in [1.807, 2.05) is 31.3 Å². The van der Waals surface area contributed by atoms with Gasteiger partial charge in [0.05, 0.1) is 6.26 Å². The fourth-order valence-corrected chi connectivity index (χ4v) is 4.03. The largest absolute Gasteiger partial charge is 0.357 e. The van der Waals surface area contributed by atoms with E-state index in [1.54, 1.807) is 0 Å². The van der Waals surface area contributed by atoms with Crippen LogP contribution in [0.15, 0.2) is 29.4 Å². The molecule has 0 aromatic carbocycles. The number of aromatic nitrogens is 1. The minimum Gasteiger partial charge on any atom is -0.357 e.